The smallest absolute Gasteiger partial charge is 0.343 e. The van der Waals surface area contributed by atoms with Gasteiger partial charge in [0.15, 0.2) is 11.4 Å². The van der Waals surface area contributed by atoms with Gasteiger partial charge in [-0.2, -0.15) is 0 Å². The third-order valence-electron chi connectivity index (χ3n) is 5.34. The van der Waals surface area contributed by atoms with E-state index in [2.05, 4.69) is 26.8 Å². The summed E-state index contributed by atoms with van der Waals surface area (Å²) in [5, 5.41) is 11.2. The summed E-state index contributed by atoms with van der Waals surface area (Å²) in [6.07, 6.45) is 4.64. The number of hydrogen-bond acceptors (Lipinski definition) is 3. The van der Waals surface area contributed by atoms with E-state index in [-0.39, 0.29) is 11.2 Å². The minimum absolute atomic E-state index is 0.0911. The highest BCUT2D eigenvalue weighted by Gasteiger charge is 2.54. The second kappa shape index (κ2) is 5.76. The second-order valence-electron chi connectivity index (χ2n) is 8.47. The van der Waals surface area contributed by atoms with Crippen LogP contribution in [0.15, 0.2) is 29.5 Å². The largest absolute Gasteiger partial charge is 0.507 e. The van der Waals surface area contributed by atoms with Crippen molar-refractivity contribution in [1.29, 1.82) is 0 Å². The van der Waals surface area contributed by atoms with Crippen LogP contribution in [0.25, 0.3) is 5.57 Å². The number of rotatable bonds is 1. The van der Waals surface area contributed by atoms with Crippen LogP contribution < -0.4 is 0 Å². The summed E-state index contributed by atoms with van der Waals surface area (Å²) in [4.78, 5) is 12.9. The number of aryl methyl sites for hydroxylation is 3. The maximum absolute atomic E-state index is 12.9. The van der Waals surface area contributed by atoms with E-state index in [4.69, 9.17) is 4.74 Å². The lowest BCUT2D eigenvalue weighted by Gasteiger charge is -2.40. The number of ether oxygens (including phenoxy) is 1. The van der Waals surface area contributed by atoms with Crippen LogP contribution in [0.4, 0.5) is 0 Å². The second-order valence-corrected chi connectivity index (χ2v) is 8.47. The van der Waals surface area contributed by atoms with Gasteiger partial charge in [0.05, 0.1) is 0 Å². The van der Waals surface area contributed by atoms with Gasteiger partial charge in [0, 0.05) is 0 Å². The molecule has 0 fully saturated rings. The van der Waals surface area contributed by atoms with E-state index in [1.54, 1.807) is 0 Å². The molecule has 3 heteroatoms. The number of carbonyl (C=O) groups excluding carboxylic acids is 1. The molecule has 1 spiro atoms. The predicted molar refractivity (Wildman–Crippen MR) is 100 cm³/mol. The summed E-state index contributed by atoms with van der Waals surface area (Å²) in [5.74, 6) is -0.321. The number of carbonyl (C=O) groups is 1. The van der Waals surface area contributed by atoms with E-state index < -0.39 is 11.6 Å². The molecule has 1 aromatic carbocycles. The number of benzene rings is 1. The normalized spacial score (nSPS) is 23.9. The Morgan fingerprint density at radius 1 is 1.12 bits per heavy atom. The minimum Gasteiger partial charge on any atom is -0.507 e. The molecule has 1 unspecified atom stereocenters. The first kappa shape index (κ1) is 17.8. The standard InChI is InChI=1S/C22H28O3/c1-13-11-14(2)17(15(3)12-13)18-19(23)22(25-20(18)24)10-8-7-9-16(22)21(4,5)6/h9,11-12,23H,7-8,10H2,1-6H3. The van der Waals surface area contributed by atoms with E-state index in [0.29, 0.717) is 12.0 Å². The third-order valence-corrected chi connectivity index (χ3v) is 5.34. The van der Waals surface area contributed by atoms with E-state index in [0.717, 1.165) is 40.7 Å². The average Bonchev–Trinajstić information content (AvgIpc) is 2.70. The molecule has 1 atom stereocenters. The van der Waals surface area contributed by atoms with E-state index in [1.807, 2.05) is 32.9 Å². The van der Waals surface area contributed by atoms with Gasteiger partial charge in [0.1, 0.15) is 5.57 Å². The Morgan fingerprint density at radius 3 is 2.28 bits per heavy atom. The lowest BCUT2D eigenvalue weighted by Crippen LogP contribution is -2.41. The lowest BCUT2D eigenvalue weighted by atomic mass is 9.69. The van der Waals surface area contributed by atoms with Crippen molar-refractivity contribution in [3.63, 3.8) is 0 Å². The molecule has 0 saturated heterocycles. The van der Waals surface area contributed by atoms with E-state index >= 15 is 0 Å². The van der Waals surface area contributed by atoms with Gasteiger partial charge < -0.3 is 9.84 Å². The molecule has 1 aromatic rings. The molecule has 134 valence electrons. The van der Waals surface area contributed by atoms with Gasteiger partial charge in [0.2, 0.25) is 0 Å². The maximum Gasteiger partial charge on any atom is 0.343 e. The van der Waals surface area contributed by atoms with Gasteiger partial charge in [-0.3, -0.25) is 0 Å². The summed E-state index contributed by atoms with van der Waals surface area (Å²) >= 11 is 0. The predicted octanol–water partition coefficient (Wildman–Crippen LogP) is 5.33. The highest BCUT2D eigenvalue weighted by atomic mass is 16.6. The Kier molecular flexibility index (Phi) is 4.09. The zero-order chi connectivity index (χ0) is 18.6. The zero-order valence-electron chi connectivity index (χ0n) is 16.1. The monoisotopic (exact) mass is 340 g/mol. The Balaban J connectivity index is 2.24. The summed E-state index contributed by atoms with van der Waals surface area (Å²) < 4.78 is 5.92. The molecule has 25 heavy (non-hydrogen) atoms. The number of hydrogen-bond donors (Lipinski definition) is 1. The minimum atomic E-state index is -0.993. The summed E-state index contributed by atoms with van der Waals surface area (Å²) in [7, 11) is 0. The number of allylic oxidation sites excluding steroid dienone is 1. The number of esters is 1. The van der Waals surface area contributed by atoms with Crippen LogP contribution >= 0.6 is 0 Å². The quantitative estimate of drug-likeness (QED) is 0.555. The fraction of sp³-hybridized carbons (Fsp3) is 0.500. The number of aliphatic hydroxyl groups is 1. The molecule has 1 aliphatic heterocycles. The van der Waals surface area contributed by atoms with Gasteiger partial charge in [0.25, 0.3) is 0 Å². The summed E-state index contributed by atoms with van der Waals surface area (Å²) in [6.45, 7) is 12.3. The lowest BCUT2D eigenvalue weighted by molar-refractivity contribution is -0.145. The Morgan fingerprint density at radius 2 is 1.72 bits per heavy atom. The molecule has 0 aromatic heterocycles. The molecule has 2 aliphatic rings. The van der Waals surface area contributed by atoms with Crippen molar-refractivity contribution in [2.24, 2.45) is 5.41 Å². The van der Waals surface area contributed by atoms with Gasteiger partial charge >= 0.3 is 5.97 Å². The van der Waals surface area contributed by atoms with E-state index in [9.17, 15) is 9.90 Å². The molecule has 0 amide bonds. The van der Waals surface area contributed by atoms with Gasteiger partial charge in [-0.05, 0) is 67.7 Å². The molecular formula is C22H28O3. The molecular weight excluding hydrogens is 312 g/mol. The topological polar surface area (TPSA) is 46.5 Å². The maximum atomic E-state index is 12.9. The Bertz CT molecular complexity index is 782. The highest BCUT2D eigenvalue weighted by Crippen LogP contribution is 2.52. The van der Waals surface area contributed by atoms with Crippen LogP contribution in [0.5, 0.6) is 0 Å². The van der Waals surface area contributed by atoms with Crippen molar-refractivity contribution < 1.29 is 14.6 Å². The van der Waals surface area contributed by atoms with Crippen molar-refractivity contribution in [3.8, 4) is 0 Å². The van der Waals surface area contributed by atoms with Crippen molar-refractivity contribution >= 4 is 11.5 Å². The Labute approximate surface area is 150 Å². The van der Waals surface area contributed by atoms with Crippen LogP contribution in [0.1, 0.15) is 62.3 Å². The van der Waals surface area contributed by atoms with Crippen molar-refractivity contribution in [2.75, 3.05) is 0 Å². The summed E-state index contributed by atoms with van der Waals surface area (Å²) in [5.41, 5.74) is 4.11. The van der Waals surface area contributed by atoms with E-state index in [1.165, 1.54) is 0 Å². The molecule has 0 radical (unpaired) electrons. The average molecular weight is 340 g/mol. The SMILES string of the molecule is Cc1cc(C)c(C2=C(O)C3(CCCC=C3C(C)(C)C)OC2=O)c(C)c1. The molecule has 1 N–H and O–H groups in total. The van der Waals surface area contributed by atoms with Crippen molar-refractivity contribution in [3.05, 3.63) is 51.8 Å². The van der Waals surface area contributed by atoms with Crippen LogP contribution in [0, 0.1) is 26.2 Å². The fourth-order valence-electron chi connectivity index (χ4n) is 4.51. The number of aliphatic hydroxyl groups excluding tert-OH is 1. The first-order chi connectivity index (χ1) is 11.6. The van der Waals surface area contributed by atoms with Crippen LogP contribution in [-0.4, -0.2) is 16.7 Å². The summed E-state index contributed by atoms with van der Waals surface area (Å²) in [6, 6.07) is 4.09. The van der Waals surface area contributed by atoms with Gasteiger partial charge in [-0.25, -0.2) is 4.79 Å². The van der Waals surface area contributed by atoms with Crippen LogP contribution in [-0.2, 0) is 9.53 Å². The van der Waals surface area contributed by atoms with Crippen molar-refractivity contribution in [1.82, 2.24) is 0 Å². The van der Waals surface area contributed by atoms with Gasteiger partial charge in [-0.15, -0.1) is 0 Å². The Hall–Kier alpha value is -2.03. The first-order valence-electron chi connectivity index (χ1n) is 9.04. The van der Waals surface area contributed by atoms with Crippen LogP contribution in [0.2, 0.25) is 0 Å². The highest BCUT2D eigenvalue weighted by molar-refractivity contribution is 6.20. The van der Waals surface area contributed by atoms with Crippen molar-refractivity contribution in [2.45, 2.75) is 66.4 Å². The first-order valence-corrected chi connectivity index (χ1v) is 9.04. The molecule has 1 heterocycles. The van der Waals surface area contributed by atoms with Gasteiger partial charge in [-0.1, -0.05) is 44.5 Å². The third kappa shape index (κ3) is 2.70. The van der Waals surface area contributed by atoms with Crippen LogP contribution in [0.3, 0.4) is 0 Å². The molecule has 0 bridgehead atoms. The zero-order valence-corrected chi connectivity index (χ0v) is 16.1. The molecule has 0 saturated carbocycles. The molecule has 3 nitrogen and oxygen atoms in total. The molecule has 3 rings (SSSR count). The fourth-order valence-corrected chi connectivity index (χ4v) is 4.51. The molecule has 1 aliphatic carbocycles.